The molecule has 1 rings (SSSR count). The van der Waals surface area contributed by atoms with Gasteiger partial charge in [-0.15, -0.1) is 0 Å². The Morgan fingerprint density at radius 1 is 1.06 bits per heavy atom. The number of hydrogen-bond acceptors (Lipinski definition) is 0. The van der Waals surface area contributed by atoms with Crippen molar-refractivity contribution in [1.29, 1.82) is 0 Å². The first-order chi connectivity index (χ1) is 8.65. The molecule has 0 aromatic heterocycles. The summed E-state index contributed by atoms with van der Waals surface area (Å²) in [6.07, 6.45) is 17.0. The van der Waals surface area contributed by atoms with Gasteiger partial charge in [0.25, 0.3) is 0 Å². The smallest absolute Gasteiger partial charge is 0.00673 e. The molecule has 0 bridgehead atoms. The van der Waals surface area contributed by atoms with Gasteiger partial charge in [-0.2, -0.15) is 0 Å². The molecule has 0 nitrogen and oxygen atoms in total. The molecule has 0 heterocycles. The lowest BCUT2D eigenvalue weighted by Crippen LogP contribution is -1.96. The number of allylic oxidation sites excluding steroid dienone is 6. The molecule has 102 valence electrons. The molecule has 0 aliphatic heterocycles. The van der Waals surface area contributed by atoms with Crippen molar-refractivity contribution in [3.63, 3.8) is 0 Å². The van der Waals surface area contributed by atoms with Crippen LogP contribution in [0.3, 0.4) is 0 Å². The van der Waals surface area contributed by atoms with Gasteiger partial charge >= 0.3 is 0 Å². The van der Waals surface area contributed by atoms with Crippen LogP contribution >= 0.6 is 0 Å². The SMILES string of the molecule is CCC(C)C/C=C1\C=CC/C(=C\CC(C)CC)C1. The summed E-state index contributed by atoms with van der Waals surface area (Å²) in [5.41, 5.74) is 3.14. The van der Waals surface area contributed by atoms with Crippen LogP contribution in [0.25, 0.3) is 0 Å². The van der Waals surface area contributed by atoms with Crippen molar-refractivity contribution >= 4 is 0 Å². The third kappa shape index (κ3) is 5.71. The summed E-state index contributed by atoms with van der Waals surface area (Å²) >= 11 is 0. The van der Waals surface area contributed by atoms with Crippen LogP contribution in [0.5, 0.6) is 0 Å². The highest BCUT2D eigenvalue weighted by Gasteiger charge is 2.06. The summed E-state index contributed by atoms with van der Waals surface area (Å²) in [6, 6.07) is 0. The molecule has 0 heteroatoms. The Hall–Kier alpha value is -0.780. The molecule has 0 saturated carbocycles. The molecule has 0 N–H and O–H groups in total. The minimum Gasteiger partial charge on any atom is -0.0844 e. The largest absolute Gasteiger partial charge is 0.0844 e. The Kier molecular flexibility index (Phi) is 7.08. The fourth-order valence-electron chi connectivity index (χ4n) is 2.10. The van der Waals surface area contributed by atoms with Crippen LogP contribution in [-0.2, 0) is 0 Å². The maximum atomic E-state index is 2.48. The zero-order chi connectivity index (χ0) is 13.4. The zero-order valence-corrected chi connectivity index (χ0v) is 12.7. The van der Waals surface area contributed by atoms with Crippen LogP contribution in [0.15, 0.2) is 35.5 Å². The molecule has 0 aromatic rings. The van der Waals surface area contributed by atoms with Gasteiger partial charge in [0.2, 0.25) is 0 Å². The highest BCUT2D eigenvalue weighted by atomic mass is 14.1. The number of rotatable bonds is 6. The van der Waals surface area contributed by atoms with E-state index in [9.17, 15) is 0 Å². The average molecular weight is 246 g/mol. The standard InChI is InChI=1S/C18H30/c1-5-15(3)10-12-17-8-7-9-18(14-17)13-11-16(4)6-2/h7-8,12-13,15-16H,5-6,9-11,14H2,1-4H3/b17-12+,18-13+. The van der Waals surface area contributed by atoms with E-state index in [4.69, 9.17) is 0 Å². The third-order valence-corrected chi connectivity index (χ3v) is 4.13. The van der Waals surface area contributed by atoms with E-state index in [1.54, 1.807) is 5.57 Å². The van der Waals surface area contributed by atoms with Crippen molar-refractivity contribution in [2.24, 2.45) is 11.8 Å². The molecule has 1 aliphatic rings. The van der Waals surface area contributed by atoms with Crippen LogP contribution < -0.4 is 0 Å². The summed E-state index contributed by atoms with van der Waals surface area (Å²) < 4.78 is 0. The van der Waals surface area contributed by atoms with Crippen LogP contribution in [0, 0.1) is 11.8 Å². The second-order valence-corrected chi connectivity index (χ2v) is 5.92. The fourth-order valence-corrected chi connectivity index (χ4v) is 2.10. The highest BCUT2D eigenvalue weighted by molar-refractivity contribution is 5.31. The Balaban J connectivity index is 2.50. The highest BCUT2D eigenvalue weighted by Crippen LogP contribution is 2.25. The van der Waals surface area contributed by atoms with Crippen molar-refractivity contribution in [2.75, 3.05) is 0 Å². The molecule has 1 aliphatic carbocycles. The van der Waals surface area contributed by atoms with E-state index >= 15 is 0 Å². The second-order valence-electron chi connectivity index (χ2n) is 5.92. The van der Waals surface area contributed by atoms with E-state index < -0.39 is 0 Å². The molecule has 0 amide bonds. The van der Waals surface area contributed by atoms with E-state index in [-0.39, 0.29) is 0 Å². The molecule has 0 aromatic carbocycles. The summed E-state index contributed by atoms with van der Waals surface area (Å²) in [7, 11) is 0. The molecule has 2 unspecified atom stereocenters. The zero-order valence-electron chi connectivity index (χ0n) is 12.7. The molecule has 0 saturated heterocycles. The fraction of sp³-hybridized carbons (Fsp3) is 0.667. The van der Waals surface area contributed by atoms with Gasteiger partial charge in [-0.25, -0.2) is 0 Å². The van der Waals surface area contributed by atoms with E-state index in [1.807, 2.05) is 0 Å². The number of hydrogen-bond donors (Lipinski definition) is 0. The van der Waals surface area contributed by atoms with Crippen LogP contribution in [0.1, 0.15) is 66.2 Å². The maximum Gasteiger partial charge on any atom is -0.00673 e. The molecule has 18 heavy (non-hydrogen) atoms. The Bertz CT molecular complexity index is 317. The van der Waals surface area contributed by atoms with E-state index in [2.05, 4.69) is 52.0 Å². The van der Waals surface area contributed by atoms with Crippen molar-refractivity contribution in [2.45, 2.75) is 66.2 Å². The summed E-state index contributed by atoms with van der Waals surface area (Å²) in [4.78, 5) is 0. The Labute approximate surface area is 114 Å². The van der Waals surface area contributed by atoms with E-state index in [0.717, 1.165) is 18.3 Å². The molecule has 0 fully saturated rings. The lowest BCUT2D eigenvalue weighted by atomic mass is 9.92. The molecular formula is C18H30. The van der Waals surface area contributed by atoms with E-state index in [0.29, 0.717) is 0 Å². The second kappa shape index (κ2) is 8.34. The van der Waals surface area contributed by atoms with Gasteiger partial charge < -0.3 is 0 Å². The normalized spacial score (nSPS) is 23.6. The van der Waals surface area contributed by atoms with Crippen molar-refractivity contribution < 1.29 is 0 Å². The predicted octanol–water partition coefficient (Wildman–Crippen LogP) is 6.06. The van der Waals surface area contributed by atoms with Gasteiger partial charge in [0, 0.05) is 0 Å². The average Bonchev–Trinajstić information content (AvgIpc) is 2.42. The first-order valence-electron chi connectivity index (χ1n) is 7.69. The summed E-state index contributed by atoms with van der Waals surface area (Å²) in [5, 5.41) is 0. The lowest BCUT2D eigenvalue weighted by Gasteiger charge is -2.14. The topological polar surface area (TPSA) is 0 Å². The minimum absolute atomic E-state index is 0.820. The van der Waals surface area contributed by atoms with Crippen molar-refractivity contribution in [3.05, 3.63) is 35.5 Å². The van der Waals surface area contributed by atoms with Gasteiger partial charge in [-0.1, -0.05) is 70.4 Å². The predicted molar refractivity (Wildman–Crippen MR) is 82.7 cm³/mol. The Morgan fingerprint density at radius 3 is 2.28 bits per heavy atom. The van der Waals surface area contributed by atoms with E-state index in [1.165, 1.54) is 37.7 Å². The summed E-state index contributed by atoms with van der Waals surface area (Å²) in [5.74, 6) is 1.65. The molecular weight excluding hydrogens is 216 g/mol. The molecule has 0 radical (unpaired) electrons. The third-order valence-electron chi connectivity index (χ3n) is 4.13. The van der Waals surface area contributed by atoms with Gasteiger partial charge in [-0.05, 0) is 43.1 Å². The lowest BCUT2D eigenvalue weighted by molar-refractivity contribution is 0.567. The van der Waals surface area contributed by atoms with Crippen molar-refractivity contribution in [3.8, 4) is 0 Å². The Morgan fingerprint density at radius 2 is 1.67 bits per heavy atom. The first kappa shape index (κ1) is 15.3. The van der Waals surface area contributed by atoms with Gasteiger partial charge in [-0.3, -0.25) is 0 Å². The summed E-state index contributed by atoms with van der Waals surface area (Å²) in [6.45, 7) is 9.23. The monoisotopic (exact) mass is 246 g/mol. The maximum absolute atomic E-state index is 2.48. The van der Waals surface area contributed by atoms with Gasteiger partial charge in [0.1, 0.15) is 0 Å². The quantitative estimate of drug-likeness (QED) is 0.500. The molecule has 2 atom stereocenters. The first-order valence-corrected chi connectivity index (χ1v) is 7.69. The van der Waals surface area contributed by atoms with Crippen molar-refractivity contribution in [1.82, 2.24) is 0 Å². The van der Waals surface area contributed by atoms with Gasteiger partial charge in [0.05, 0.1) is 0 Å². The van der Waals surface area contributed by atoms with Crippen LogP contribution in [-0.4, -0.2) is 0 Å². The minimum atomic E-state index is 0.820. The van der Waals surface area contributed by atoms with Crippen LogP contribution in [0.4, 0.5) is 0 Å². The molecule has 0 spiro atoms. The van der Waals surface area contributed by atoms with Crippen LogP contribution in [0.2, 0.25) is 0 Å². The van der Waals surface area contributed by atoms with Gasteiger partial charge in [0.15, 0.2) is 0 Å².